The molecule has 2 fully saturated rings. The first-order valence-corrected chi connectivity index (χ1v) is 17.2. The number of nitrogens with zero attached hydrogens (tertiary/aromatic N) is 4. The van der Waals surface area contributed by atoms with Crippen LogP contribution in [0.25, 0.3) is 28.0 Å². The summed E-state index contributed by atoms with van der Waals surface area (Å²) in [6, 6.07) is 17.1. The predicted molar refractivity (Wildman–Crippen MR) is 190 cm³/mol. The number of H-pyrrole nitrogens is 1. The Morgan fingerprint density at radius 2 is 1.19 bits per heavy atom. The third-order valence-corrected chi connectivity index (χ3v) is 9.38. The number of likely N-dealkylation sites (tertiary alicyclic amines) is 2. The number of carbonyl (C=O) groups excluding carboxylic acids is 2. The van der Waals surface area contributed by atoms with E-state index in [9.17, 15) is 9.59 Å². The fourth-order valence-electron chi connectivity index (χ4n) is 7.01. The van der Waals surface area contributed by atoms with Crippen molar-refractivity contribution in [1.82, 2.24) is 19.8 Å². The lowest BCUT2D eigenvalue weighted by atomic mass is 9.96. The maximum absolute atomic E-state index is 13.0. The van der Waals surface area contributed by atoms with E-state index in [1.165, 1.54) is 0 Å². The van der Waals surface area contributed by atoms with Gasteiger partial charge < -0.3 is 14.5 Å². The highest BCUT2D eigenvalue weighted by molar-refractivity contribution is 6.03. The van der Waals surface area contributed by atoms with Crippen molar-refractivity contribution < 1.29 is 19.1 Å². The third-order valence-electron chi connectivity index (χ3n) is 9.38. The zero-order valence-corrected chi connectivity index (χ0v) is 29.5. The van der Waals surface area contributed by atoms with Crippen LogP contribution in [-0.4, -0.2) is 67.0 Å². The van der Waals surface area contributed by atoms with Crippen molar-refractivity contribution in [2.45, 2.75) is 123 Å². The van der Waals surface area contributed by atoms with E-state index < -0.39 is 11.2 Å². The average molecular weight is 652 g/mol. The molecule has 0 saturated carbocycles. The van der Waals surface area contributed by atoms with Crippen LogP contribution in [0.15, 0.2) is 65.9 Å². The summed E-state index contributed by atoms with van der Waals surface area (Å²) in [6.07, 6.45) is 7.57. The number of nitrogens with one attached hydrogen (secondary N) is 1. The molecule has 2 saturated heterocycles. The van der Waals surface area contributed by atoms with Crippen molar-refractivity contribution in [2.75, 3.05) is 0 Å². The van der Waals surface area contributed by atoms with E-state index in [1.807, 2.05) is 63.7 Å². The summed E-state index contributed by atoms with van der Waals surface area (Å²) in [4.78, 5) is 42.6. The summed E-state index contributed by atoms with van der Waals surface area (Å²) in [5, 5.41) is 0. The summed E-state index contributed by atoms with van der Waals surface area (Å²) >= 11 is 0. The fraction of sp³-hybridized carbons (Fsp3) is 0.487. The number of benzene rings is 2. The first-order valence-electron chi connectivity index (χ1n) is 17.2. The molecule has 48 heavy (non-hydrogen) atoms. The summed E-state index contributed by atoms with van der Waals surface area (Å²) in [5.41, 5.74) is 6.45. The smallest absolute Gasteiger partial charge is 0.411 e. The molecule has 0 spiro atoms. The van der Waals surface area contributed by atoms with E-state index in [2.05, 4.69) is 72.3 Å². The normalized spacial score (nSPS) is 22.9. The van der Waals surface area contributed by atoms with Crippen molar-refractivity contribution in [3.63, 3.8) is 0 Å². The molecule has 0 unspecified atom stereocenters. The van der Waals surface area contributed by atoms with E-state index in [4.69, 9.17) is 14.5 Å². The maximum atomic E-state index is 13.0. The van der Waals surface area contributed by atoms with Gasteiger partial charge in [0, 0.05) is 30.4 Å². The molecular formula is C39H49N5O4. The SMILES string of the molecule is C[C@@H]1CC[C@H](C2=NC=C(c3ccc(-c4ccc(-c5cnc([C@H]6CC[C@@H](C)N6C(=O)OC(C)(C)C)[nH]5)cc4)cc3)C2)N1C(=O)OC(C)(C)C. The van der Waals surface area contributed by atoms with Gasteiger partial charge in [-0.1, -0.05) is 48.5 Å². The van der Waals surface area contributed by atoms with Gasteiger partial charge in [0.05, 0.1) is 24.0 Å². The minimum absolute atomic E-state index is 0.0297. The molecule has 2 aromatic carbocycles. The van der Waals surface area contributed by atoms with Gasteiger partial charge in [0.1, 0.15) is 17.0 Å². The van der Waals surface area contributed by atoms with Crippen molar-refractivity contribution in [3.8, 4) is 22.4 Å². The Bertz CT molecular complexity index is 1710. The van der Waals surface area contributed by atoms with Crippen LogP contribution in [0.3, 0.4) is 0 Å². The van der Waals surface area contributed by atoms with E-state index in [1.54, 1.807) is 0 Å². The number of amides is 2. The van der Waals surface area contributed by atoms with Gasteiger partial charge in [-0.2, -0.15) is 0 Å². The lowest BCUT2D eigenvalue weighted by molar-refractivity contribution is 0.0149. The fourth-order valence-corrected chi connectivity index (χ4v) is 7.01. The largest absolute Gasteiger partial charge is 0.444 e. The molecule has 1 N–H and O–H groups in total. The van der Waals surface area contributed by atoms with Crippen molar-refractivity contribution in [3.05, 3.63) is 72.3 Å². The summed E-state index contributed by atoms with van der Waals surface area (Å²) in [7, 11) is 0. The number of ether oxygens (including phenoxy) is 2. The lowest BCUT2D eigenvalue weighted by Gasteiger charge is -2.31. The van der Waals surface area contributed by atoms with E-state index in [-0.39, 0.29) is 36.4 Å². The molecule has 1 aromatic heterocycles. The molecule has 4 atom stereocenters. The molecule has 3 aliphatic rings. The standard InChI is InChI=1S/C39H49N5O4/c1-24-9-19-33(43(24)36(45)47-38(3,4)5)31-21-30(22-40-31)28-13-11-26(12-14-28)27-15-17-29(18-16-27)32-23-41-35(42-32)34-20-10-25(2)44(34)37(46)48-39(6,7)8/h11-18,22-25,33-34H,9-10,19-21H2,1-8H3,(H,41,42)/t24-,25-,33-,34-/m1/s1. The number of imidazole rings is 1. The monoisotopic (exact) mass is 651 g/mol. The number of aromatic amines is 1. The molecule has 0 radical (unpaired) electrons. The number of aliphatic imine (C=N–C) groups is 1. The number of rotatable bonds is 5. The molecule has 9 nitrogen and oxygen atoms in total. The van der Waals surface area contributed by atoms with Crippen molar-refractivity contribution in [2.24, 2.45) is 4.99 Å². The topological polar surface area (TPSA) is 100 Å². The summed E-state index contributed by atoms with van der Waals surface area (Å²) < 4.78 is 11.4. The van der Waals surface area contributed by atoms with Crippen LogP contribution in [0.4, 0.5) is 9.59 Å². The number of hydrogen-bond acceptors (Lipinski definition) is 6. The number of carbonyl (C=O) groups is 2. The summed E-state index contributed by atoms with van der Waals surface area (Å²) in [5.74, 6) is 0.785. The molecule has 9 heteroatoms. The highest BCUT2D eigenvalue weighted by Gasteiger charge is 2.41. The van der Waals surface area contributed by atoms with Crippen LogP contribution in [0.5, 0.6) is 0 Å². The van der Waals surface area contributed by atoms with Crippen LogP contribution in [0.1, 0.15) is 105 Å². The minimum Gasteiger partial charge on any atom is -0.444 e. The Morgan fingerprint density at radius 3 is 1.73 bits per heavy atom. The van der Waals surface area contributed by atoms with Gasteiger partial charge in [0.2, 0.25) is 0 Å². The number of allylic oxidation sites excluding steroid dienone is 1. The molecule has 4 heterocycles. The van der Waals surface area contributed by atoms with Crippen LogP contribution >= 0.6 is 0 Å². The Hall–Kier alpha value is -4.40. The van der Waals surface area contributed by atoms with Gasteiger partial charge >= 0.3 is 12.2 Å². The molecule has 6 rings (SSSR count). The zero-order valence-electron chi connectivity index (χ0n) is 29.5. The van der Waals surface area contributed by atoms with Crippen molar-refractivity contribution >= 4 is 23.5 Å². The van der Waals surface area contributed by atoms with E-state index >= 15 is 0 Å². The van der Waals surface area contributed by atoms with Crippen LogP contribution in [0.2, 0.25) is 0 Å². The van der Waals surface area contributed by atoms with Crippen LogP contribution in [0, 0.1) is 0 Å². The molecule has 3 aliphatic heterocycles. The zero-order chi connectivity index (χ0) is 34.4. The van der Waals surface area contributed by atoms with Crippen molar-refractivity contribution in [1.29, 1.82) is 0 Å². The lowest BCUT2D eigenvalue weighted by Crippen LogP contribution is -2.46. The molecule has 0 bridgehead atoms. The van der Waals surface area contributed by atoms with Gasteiger partial charge in [0.15, 0.2) is 0 Å². The first-order chi connectivity index (χ1) is 22.7. The number of hydrogen-bond donors (Lipinski definition) is 1. The van der Waals surface area contributed by atoms with Gasteiger partial charge in [-0.05, 0) is 109 Å². The molecule has 254 valence electrons. The second kappa shape index (κ2) is 12.9. The van der Waals surface area contributed by atoms with E-state index in [0.717, 1.165) is 77.2 Å². The Balaban J connectivity index is 1.09. The highest BCUT2D eigenvalue weighted by Crippen LogP contribution is 2.37. The molecule has 2 amide bonds. The average Bonchev–Trinajstić information content (AvgIpc) is 3.82. The Kier molecular flexibility index (Phi) is 9.00. The number of aromatic nitrogens is 2. The third kappa shape index (κ3) is 7.20. The Labute approximate surface area is 284 Å². The minimum atomic E-state index is -0.549. The van der Waals surface area contributed by atoms with Gasteiger partial charge in [-0.25, -0.2) is 14.6 Å². The molecular weight excluding hydrogens is 602 g/mol. The van der Waals surface area contributed by atoms with Gasteiger partial charge in [0.25, 0.3) is 0 Å². The van der Waals surface area contributed by atoms with Gasteiger partial charge in [-0.15, -0.1) is 0 Å². The highest BCUT2D eigenvalue weighted by atomic mass is 16.6. The first kappa shape index (κ1) is 33.5. The molecule has 0 aliphatic carbocycles. The van der Waals surface area contributed by atoms with Gasteiger partial charge in [-0.3, -0.25) is 14.8 Å². The van der Waals surface area contributed by atoms with Crippen LogP contribution < -0.4 is 0 Å². The summed E-state index contributed by atoms with van der Waals surface area (Å²) in [6.45, 7) is 15.5. The second-order valence-electron chi connectivity index (χ2n) is 15.4. The predicted octanol–water partition coefficient (Wildman–Crippen LogP) is 9.18. The maximum Gasteiger partial charge on any atom is 0.411 e. The second-order valence-corrected chi connectivity index (χ2v) is 15.4. The quantitative estimate of drug-likeness (QED) is 0.297. The van der Waals surface area contributed by atoms with E-state index in [0.29, 0.717) is 0 Å². The molecule has 3 aromatic rings. The Morgan fingerprint density at radius 1 is 0.708 bits per heavy atom. The van der Waals surface area contributed by atoms with Crippen LogP contribution in [-0.2, 0) is 9.47 Å².